The molecule has 0 bridgehead atoms. The van der Waals surface area contributed by atoms with Crippen LogP contribution in [-0.2, 0) is 14.3 Å². The molecule has 0 saturated carbocycles. The van der Waals surface area contributed by atoms with Gasteiger partial charge in [-0.2, -0.15) is 0 Å². The summed E-state index contributed by atoms with van der Waals surface area (Å²) in [5.74, 6) is -0.349. The molecule has 6 nitrogen and oxygen atoms in total. The van der Waals surface area contributed by atoms with Crippen LogP contribution in [0.15, 0.2) is 29.4 Å². The van der Waals surface area contributed by atoms with E-state index >= 15 is 0 Å². The average molecular weight is 309 g/mol. The van der Waals surface area contributed by atoms with Crippen LogP contribution in [0.5, 0.6) is 0 Å². The molecule has 4 N–H and O–H groups in total. The first kappa shape index (κ1) is 17.2. The van der Waals surface area contributed by atoms with Crippen LogP contribution in [0.25, 0.3) is 11.0 Å². The van der Waals surface area contributed by atoms with Gasteiger partial charge in [0.05, 0.1) is 23.6 Å². The third-order valence-corrected chi connectivity index (χ3v) is 3.30. The Bertz CT molecular complexity index is 592. The van der Waals surface area contributed by atoms with Crippen LogP contribution >= 0.6 is 11.8 Å². The highest BCUT2D eigenvalue weighted by atomic mass is 32.2. The molecule has 0 spiro atoms. The molecule has 7 heteroatoms. The minimum absolute atomic E-state index is 0. The lowest BCUT2D eigenvalue weighted by Crippen LogP contribution is -2.12. The number of thioether (sulfide) groups is 1. The number of rotatable bonds is 5. The van der Waals surface area contributed by atoms with Crippen molar-refractivity contribution in [3.05, 3.63) is 24.3 Å². The lowest BCUT2D eigenvalue weighted by molar-refractivity contribution is -0.148. The minimum Gasteiger partial charge on any atom is -0.463 e. The quantitative estimate of drug-likeness (QED) is 0.649. The van der Waals surface area contributed by atoms with E-state index in [2.05, 4.69) is 9.97 Å². The molecule has 21 heavy (non-hydrogen) atoms. The van der Waals surface area contributed by atoms with E-state index in [9.17, 15) is 9.59 Å². The maximum atomic E-state index is 11.8. The molecule has 0 aliphatic heterocycles. The molecule has 0 radical (unpaired) electrons. The number of para-hydroxylation sites is 2. The number of nitrogens with one attached hydrogen (secondary N) is 1. The fraction of sp³-hybridized carbons (Fsp3) is 0.357. The van der Waals surface area contributed by atoms with Crippen molar-refractivity contribution in [2.45, 2.75) is 37.9 Å². The van der Waals surface area contributed by atoms with Crippen molar-refractivity contribution in [2.75, 3.05) is 0 Å². The zero-order valence-corrected chi connectivity index (χ0v) is 12.9. The van der Waals surface area contributed by atoms with Crippen molar-refractivity contribution >= 4 is 33.9 Å². The second-order valence-corrected chi connectivity index (χ2v) is 5.62. The molecule has 2 aromatic rings. The number of imidazole rings is 1. The summed E-state index contributed by atoms with van der Waals surface area (Å²) in [5, 5.41) is 0.443. The summed E-state index contributed by atoms with van der Waals surface area (Å²) in [5.41, 5.74) is 1.71. The van der Waals surface area contributed by atoms with Crippen molar-refractivity contribution in [1.29, 1.82) is 0 Å². The first-order valence-corrected chi connectivity index (χ1v) is 7.21. The first-order chi connectivity index (χ1) is 9.54. The topological polar surface area (TPSA) is 107 Å². The Kier molecular flexibility index (Phi) is 6.39. The van der Waals surface area contributed by atoms with Crippen molar-refractivity contribution < 1.29 is 14.3 Å². The van der Waals surface area contributed by atoms with E-state index in [-0.39, 0.29) is 36.2 Å². The Balaban J connectivity index is 0.00000220. The van der Waals surface area contributed by atoms with E-state index in [1.165, 1.54) is 0 Å². The highest BCUT2D eigenvalue weighted by Gasteiger charge is 2.12. The van der Waals surface area contributed by atoms with E-state index in [0.717, 1.165) is 22.8 Å². The van der Waals surface area contributed by atoms with Crippen LogP contribution in [0.4, 0.5) is 0 Å². The summed E-state index contributed by atoms with van der Waals surface area (Å²) in [7, 11) is 0. The van der Waals surface area contributed by atoms with Crippen LogP contribution in [0.1, 0.15) is 26.7 Å². The molecule has 0 atom stereocenters. The molecule has 114 valence electrons. The lowest BCUT2D eigenvalue weighted by Gasteiger charge is -2.06. The van der Waals surface area contributed by atoms with Gasteiger partial charge in [-0.1, -0.05) is 12.1 Å². The molecule has 1 aromatic heterocycles. The largest absolute Gasteiger partial charge is 0.463 e. The van der Waals surface area contributed by atoms with Crippen molar-refractivity contribution in [2.24, 2.45) is 0 Å². The maximum Gasteiger partial charge on any atom is 0.306 e. The number of benzene rings is 1. The van der Waals surface area contributed by atoms with Gasteiger partial charge in [-0.3, -0.25) is 9.59 Å². The molecule has 0 fully saturated rings. The SMILES string of the molecule is CC(C)OC(=O)CCC(=O)Sc1nc2ccccc2[nH]1.N. The Labute approximate surface area is 127 Å². The molecule has 0 aliphatic carbocycles. The van der Waals surface area contributed by atoms with E-state index in [0.29, 0.717) is 5.16 Å². The first-order valence-electron chi connectivity index (χ1n) is 6.39. The van der Waals surface area contributed by atoms with Crippen molar-refractivity contribution in [3.8, 4) is 0 Å². The van der Waals surface area contributed by atoms with Crippen LogP contribution in [-0.4, -0.2) is 27.2 Å². The molecule has 0 aliphatic rings. The molecule has 0 amide bonds. The number of H-pyrrole nitrogens is 1. The van der Waals surface area contributed by atoms with Gasteiger partial charge in [0, 0.05) is 6.42 Å². The number of esters is 1. The summed E-state index contributed by atoms with van der Waals surface area (Å²) in [4.78, 5) is 30.5. The van der Waals surface area contributed by atoms with Gasteiger partial charge in [-0.15, -0.1) is 0 Å². The number of aromatic amines is 1. The molecular weight excluding hydrogens is 290 g/mol. The molecule has 2 rings (SSSR count). The lowest BCUT2D eigenvalue weighted by atomic mass is 10.3. The monoisotopic (exact) mass is 309 g/mol. The smallest absolute Gasteiger partial charge is 0.306 e. The van der Waals surface area contributed by atoms with Gasteiger partial charge in [0.1, 0.15) is 0 Å². The molecule has 0 unspecified atom stereocenters. The van der Waals surface area contributed by atoms with Crippen LogP contribution in [0.3, 0.4) is 0 Å². The summed E-state index contributed by atoms with van der Waals surface area (Å²) in [6.45, 7) is 3.56. The van der Waals surface area contributed by atoms with Gasteiger partial charge in [-0.25, -0.2) is 4.98 Å². The van der Waals surface area contributed by atoms with Gasteiger partial charge in [0.25, 0.3) is 0 Å². The van der Waals surface area contributed by atoms with Crippen LogP contribution in [0, 0.1) is 0 Å². The van der Waals surface area contributed by atoms with Gasteiger partial charge in [0.15, 0.2) is 10.3 Å². The van der Waals surface area contributed by atoms with Crippen LogP contribution in [0.2, 0.25) is 0 Å². The number of carbonyl (C=O) groups is 2. The van der Waals surface area contributed by atoms with Gasteiger partial charge in [0.2, 0.25) is 0 Å². The highest BCUT2D eigenvalue weighted by Crippen LogP contribution is 2.21. The second-order valence-electron chi connectivity index (χ2n) is 4.57. The summed E-state index contributed by atoms with van der Waals surface area (Å²) in [6.07, 6.45) is 0.0953. The molecular formula is C14H19N3O3S. The Hall–Kier alpha value is -1.86. The standard InChI is InChI=1S/C14H16N2O3S.H3N/c1-9(2)19-12(17)7-8-13(18)20-14-15-10-5-3-4-6-11(10)16-14;/h3-6,9H,7-8H2,1-2H3,(H,15,16);1H3. The minimum atomic E-state index is -0.349. The van der Waals surface area contributed by atoms with Gasteiger partial charge >= 0.3 is 5.97 Å². The number of aromatic nitrogens is 2. The van der Waals surface area contributed by atoms with E-state index in [4.69, 9.17) is 4.74 Å². The Morgan fingerprint density at radius 3 is 2.67 bits per heavy atom. The average Bonchev–Trinajstić information content (AvgIpc) is 2.77. The normalized spacial score (nSPS) is 10.4. The predicted molar refractivity (Wildman–Crippen MR) is 82.4 cm³/mol. The maximum absolute atomic E-state index is 11.8. The Morgan fingerprint density at radius 2 is 2.00 bits per heavy atom. The molecule has 1 heterocycles. The van der Waals surface area contributed by atoms with Crippen molar-refractivity contribution in [3.63, 3.8) is 0 Å². The number of fused-ring (bicyclic) bond motifs is 1. The zero-order chi connectivity index (χ0) is 14.5. The number of carbonyl (C=O) groups excluding carboxylic acids is 2. The van der Waals surface area contributed by atoms with Crippen LogP contribution < -0.4 is 6.15 Å². The fourth-order valence-corrected chi connectivity index (χ4v) is 2.39. The fourth-order valence-electron chi connectivity index (χ4n) is 1.66. The number of hydrogen-bond acceptors (Lipinski definition) is 6. The van der Waals surface area contributed by atoms with E-state index in [1.807, 2.05) is 24.3 Å². The Morgan fingerprint density at radius 1 is 1.29 bits per heavy atom. The molecule has 1 aromatic carbocycles. The van der Waals surface area contributed by atoms with Gasteiger partial charge < -0.3 is 15.9 Å². The van der Waals surface area contributed by atoms with Gasteiger partial charge in [-0.05, 0) is 37.7 Å². The second kappa shape index (κ2) is 7.80. The third-order valence-electron chi connectivity index (χ3n) is 2.48. The highest BCUT2D eigenvalue weighted by molar-refractivity contribution is 8.13. The number of nitrogens with zero attached hydrogens (tertiary/aromatic N) is 1. The number of ether oxygens (including phenoxy) is 1. The summed E-state index contributed by atoms with van der Waals surface area (Å²) >= 11 is 1.02. The number of hydrogen-bond donors (Lipinski definition) is 2. The summed E-state index contributed by atoms with van der Waals surface area (Å²) < 4.78 is 4.97. The van der Waals surface area contributed by atoms with E-state index in [1.54, 1.807) is 13.8 Å². The zero-order valence-electron chi connectivity index (χ0n) is 12.1. The third kappa shape index (κ3) is 5.20. The molecule has 0 saturated heterocycles. The van der Waals surface area contributed by atoms with Crippen molar-refractivity contribution in [1.82, 2.24) is 16.1 Å². The predicted octanol–water partition coefficient (Wildman–Crippen LogP) is 3.08. The van der Waals surface area contributed by atoms with E-state index < -0.39 is 0 Å². The summed E-state index contributed by atoms with van der Waals surface area (Å²) in [6, 6.07) is 7.57.